The molecule has 0 radical (unpaired) electrons. The molecule has 3 unspecified atom stereocenters. The van der Waals surface area contributed by atoms with Crippen molar-refractivity contribution in [3.63, 3.8) is 0 Å². The van der Waals surface area contributed by atoms with Crippen molar-refractivity contribution in [3.05, 3.63) is 108 Å². The van der Waals surface area contributed by atoms with Crippen LogP contribution < -0.4 is 0 Å². The van der Waals surface area contributed by atoms with Crippen molar-refractivity contribution < 1.29 is 28.4 Å². The molecule has 3 aromatic rings. The van der Waals surface area contributed by atoms with Gasteiger partial charge in [-0.25, -0.2) is 0 Å². The van der Waals surface area contributed by atoms with Crippen molar-refractivity contribution in [1.82, 2.24) is 0 Å². The van der Waals surface area contributed by atoms with E-state index in [-0.39, 0.29) is 13.2 Å². The highest BCUT2D eigenvalue weighted by molar-refractivity contribution is 5.15. The number of terminal acetylenes is 1. The Hall–Kier alpha value is -3.02. The fraction of sp³-hybridized carbons (Fsp3) is 0.355. The summed E-state index contributed by atoms with van der Waals surface area (Å²) in [5, 5.41) is 0. The minimum Gasteiger partial charge on any atom is -0.374 e. The molecule has 3 aromatic carbocycles. The van der Waals surface area contributed by atoms with Crippen LogP contribution >= 0.6 is 0 Å². The van der Waals surface area contributed by atoms with E-state index in [2.05, 4.69) is 5.92 Å². The second-order valence-electron chi connectivity index (χ2n) is 8.78. The minimum atomic E-state index is -0.733. The van der Waals surface area contributed by atoms with E-state index in [0.717, 1.165) is 16.7 Å². The van der Waals surface area contributed by atoms with Crippen LogP contribution in [0.2, 0.25) is 0 Å². The Labute approximate surface area is 219 Å². The van der Waals surface area contributed by atoms with Gasteiger partial charge in [-0.05, 0) is 16.7 Å². The molecule has 5 atom stereocenters. The number of hydrogen-bond donors (Lipinski definition) is 0. The average molecular weight is 503 g/mol. The van der Waals surface area contributed by atoms with Gasteiger partial charge in [-0.3, -0.25) is 0 Å². The molecule has 6 nitrogen and oxygen atoms in total. The van der Waals surface area contributed by atoms with E-state index in [1.807, 2.05) is 91.0 Å². The van der Waals surface area contributed by atoms with Crippen LogP contribution in [0.1, 0.15) is 16.7 Å². The molecule has 194 valence electrons. The molecule has 37 heavy (non-hydrogen) atoms. The maximum Gasteiger partial charge on any atom is 0.188 e. The number of hydrogen-bond acceptors (Lipinski definition) is 6. The van der Waals surface area contributed by atoms with E-state index in [0.29, 0.717) is 19.8 Å². The van der Waals surface area contributed by atoms with Crippen LogP contribution in [0.3, 0.4) is 0 Å². The van der Waals surface area contributed by atoms with E-state index in [1.54, 1.807) is 7.11 Å². The molecule has 0 amide bonds. The molecule has 1 aliphatic heterocycles. The first-order chi connectivity index (χ1) is 18.3. The Morgan fingerprint density at radius 2 is 1.19 bits per heavy atom. The molecule has 4 rings (SSSR count). The van der Waals surface area contributed by atoms with Gasteiger partial charge in [0.2, 0.25) is 0 Å². The first-order valence-corrected chi connectivity index (χ1v) is 12.4. The summed E-state index contributed by atoms with van der Waals surface area (Å²) in [5.41, 5.74) is 3.17. The minimum absolute atomic E-state index is 0.0864. The molecule has 6 heteroatoms. The van der Waals surface area contributed by atoms with Crippen molar-refractivity contribution in [2.45, 2.75) is 50.5 Å². The van der Waals surface area contributed by atoms with Crippen molar-refractivity contribution in [2.24, 2.45) is 0 Å². The van der Waals surface area contributed by atoms with E-state index < -0.39 is 30.7 Å². The van der Waals surface area contributed by atoms with Gasteiger partial charge in [-0.2, -0.15) is 0 Å². The molecule has 0 N–H and O–H groups in total. The van der Waals surface area contributed by atoms with Crippen LogP contribution in [-0.2, 0) is 48.2 Å². The van der Waals surface area contributed by atoms with Crippen LogP contribution in [0.4, 0.5) is 0 Å². The third-order valence-electron chi connectivity index (χ3n) is 6.16. The zero-order valence-corrected chi connectivity index (χ0v) is 21.1. The predicted molar refractivity (Wildman–Crippen MR) is 140 cm³/mol. The van der Waals surface area contributed by atoms with Crippen molar-refractivity contribution in [1.29, 1.82) is 0 Å². The first kappa shape index (κ1) is 27.0. The molecule has 1 aliphatic rings. The summed E-state index contributed by atoms with van der Waals surface area (Å²) in [6.45, 7) is 1.60. The van der Waals surface area contributed by atoms with Gasteiger partial charge in [-0.1, -0.05) is 96.9 Å². The van der Waals surface area contributed by atoms with Crippen LogP contribution in [0.15, 0.2) is 91.0 Å². The van der Waals surface area contributed by atoms with E-state index in [1.165, 1.54) is 0 Å². The number of methoxy groups -OCH3 is 1. The van der Waals surface area contributed by atoms with Gasteiger partial charge >= 0.3 is 0 Å². The van der Waals surface area contributed by atoms with Gasteiger partial charge in [-0.15, -0.1) is 6.42 Å². The van der Waals surface area contributed by atoms with Crippen LogP contribution in [0.25, 0.3) is 0 Å². The fourth-order valence-electron chi connectivity index (χ4n) is 4.32. The standard InChI is InChI=1S/C31H34O6/c1-3-19-34-31-30(32-2)29(36-22-26-17-11-6-12-18-26)28(35-21-25-15-9-5-10-16-25)27(37-31)23-33-20-24-13-7-4-8-14-24/h1,4-18,27-31H,19-23H2,2H3/t27?,28-,29?,30?,31+/m1/s1. The summed E-state index contributed by atoms with van der Waals surface area (Å²) in [6.07, 6.45) is 2.75. The SMILES string of the molecule is C#CCO[C@H]1OC(COCc2ccccc2)[C@@H](OCc2ccccc2)C(OCc2ccccc2)C1OC. The Morgan fingerprint density at radius 1 is 0.676 bits per heavy atom. The molecular weight excluding hydrogens is 468 g/mol. The monoisotopic (exact) mass is 502 g/mol. The van der Waals surface area contributed by atoms with Gasteiger partial charge in [0.1, 0.15) is 31.0 Å². The lowest BCUT2D eigenvalue weighted by Crippen LogP contribution is -2.61. The number of benzene rings is 3. The summed E-state index contributed by atoms with van der Waals surface area (Å²) in [6, 6.07) is 30.0. The van der Waals surface area contributed by atoms with Gasteiger partial charge in [0.25, 0.3) is 0 Å². The van der Waals surface area contributed by atoms with Gasteiger partial charge in [0.05, 0.1) is 26.4 Å². The third kappa shape index (κ3) is 7.98. The summed E-state index contributed by atoms with van der Waals surface area (Å²) >= 11 is 0. The Morgan fingerprint density at radius 3 is 1.70 bits per heavy atom. The van der Waals surface area contributed by atoms with Crippen LogP contribution in [-0.4, -0.2) is 51.0 Å². The highest BCUT2D eigenvalue weighted by atomic mass is 16.7. The van der Waals surface area contributed by atoms with E-state index in [9.17, 15) is 0 Å². The van der Waals surface area contributed by atoms with Crippen molar-refractivity contribution >= 4 is 0 Å². The lowest BCUT2D eigenvalue weighted by molar-refractivity contribution is -0.320. The van der Waals surface area contributed by atoms with Gasteiger partial charge < -0.3 is 28.4 Å². The number of rotatable bonds is 13. The molecule has 1 heterocycles. The third-order valence-corrected chi connectivity index (χ3v) is 6.16. The molecule has 0 aromatic heterocycles. The van der Waals surface area contributed by atoms with Crippen molar-refractivity contribution in [3.8, 4) is 12.3 Å². The Bertz CT molecular complexity index is 1070. The lowest BCUT2D eigenvalue weighted by Gasteiger charge is -2.45. The Balaban J connectivity index is 1.54. The van der Waals surface area contributed by atoms with Gasteiger partial charge in [0.15, 0.2) is 6.29 Å². The molecule has 0 bridgehead atoms. The average Bonchev–Trinajstić information content (AvgIpc) is 2.95. The van der Waals surface area contributed by atoms with Crippen molar-refractivity contribution in [2.75, 3.05) is 20.3 Å². The highest BCUT2D eigenvalue weighted by Gasteiger charge is 2.48. The predicted octanol–water partition coefficient (Wildman–Crippen LogP) is 4.76. The highest BCUT2D eigenvalue weighted by Crippen LogP contribution is 2.30. The zero-order valence-electron chi connectivity index (χ0n) is 21.1. The molecule has 1 saturated heterocycles. The molecule has 0 spiro atoms. The zero-order chi connectivity index (χ0) is 25.7. The quantitative estimate of drug-likeness (QED) is 0.314. The van der Waals surface area contributed by atoms with Crippen LogP contribution in [0.5, 0.6) is 0 Å². The Kier molecular flexibility index (Phi) is 10.7. The molecule has 0 aliphatic carbocycles. The van der Waals surface area contributed by atoms with Crippen LogP contribution in [0, 0.1) is 12.3 Å². The maximum absolute atomic E-state index is 6.46. The second kappa shape index (κ2) is 14.7. The molecule has 0 saturated carbocycles. The topological polar surface area (TPSA) is 55.4 Å². The summed E-state index contributed by atoms with van der Waals surface area (Å²) < 4.78 is 37.0. The lowest BCUT2D eigenvalue weighted by atomic mass is 9.98. The smallest absolute Gasteiger partial charge is 0.188 e. The normalized spacial score (nSPS) is 23.4. The second-order valence-corrected chi connectivity index (χ2v) is 8.78. The van der Waals surface area contributed by atoms with E-state index in [4.69, 9.17) is 34.8 Å². The molecule has 1 fully saturated rings. The van der Waals surface area contributed by atoms with Gasteiger partial charge in [0, 0.05) is 7.11 Å². The first-order valence-electron chi connectivity index (χ1n) is 12.4. The molecular formula is C31H34O6. The summed E-state index contributed by atoms with van der Waals surface area (Å²) in [4.78, 5) is 0. The summed E-state index contributed by atoms with van der Waals surface area (Å²) in [7, 11) is 1.61. The maximum atomic E-state index is 6.46. The fourth-order valence-corrected chi connectivity index (χ4v) is 4.32. The number of ether oxygens (including phenoxy) is 6. The van der Waals surface area contributed by atoms with E-state index >= 15 is 0 Å². The largest absolute Gasteiger partial charge is 0.374 e. The summed E-state index contributed by atoms with van der Waals surface area (Å²) in [5.74, 6) is 2.51.